The Hall–Kier alpha value is -1.13. The molecule has 0 aromatic heterocycles. The van der Waals surface area contributed by atoms with Crippen molar-refractivity contribution in [3.05, 3.63) is 23.8 Å². The highest BCUT2D eigenvalue weighted by molar-refractivity contribution is 5.70. The average molecular weight is 363 g/mol. The normalized spacial score (nSPS) is 39.3. The highest BCUT2D eigenvalue weighted by Gasteiger charge is 2.45. The van der Waals surface area contributed by atoms with Gasteiger partial charge in [-0.1, -0.05) is 37.1 Å². The zero-order chi connectivity index (χ0) is 18.7. The Bertz CT molecular complexity index is 546. The van der Waals surface area contributed by atoms with E-state index in [4.69, 9.17) is 5.11 Å². The molecule has 3 aliphatic rings. The van der Waals surface area contributed by atoms with Crippen molar-refractivity contribution in [2.75, 3.05) is 6.61 Å². The fourth-order valence-corrected chi connectivity index (χ4v) is 5.63. The highest BCUT2D eigenvalue weighted by Crippen LogP contribution is 2.50. The van der Waals surface area contributed by atoms with Gasteiger partial charge in [-0.3, -0.25) is 4.79 Å². The van der Waals surface area contributed by atoms with Crippen molar-refractivity contribution in [1.82, 2.24) is 0 Å². The molecule has 0 bridgehead atoms. The van der Waals surface area contributed by atoms with Crippen molar-refractivity contribution >= 4 is 5.97 Å². The molecule has 0 radical (unpaired) electrons. The zero-order valence-corrected chi connectivity index (χ0v) is 15.9. The first-order valence-corrected chi connectivity index (χ1v) is 10.4. The highest BCUT2D eigenvalue weighted by atomic mass is 16.4. The lowest BCUT2D eigenvalue weighted by atomic mass is 9.66. The SMILES string of the molecule is CCC1CC(C(CCC=C2C[C@@H]3C[C@@H](O)[C@H](C=CCO)[C@H]3C2)C(=O)O)C1. The predicted octanol–water partition coefficient (Wildman–Crippen LogP) is 3.79. The second kappa shape index (κ2) is 8.71. The Balaban J connectivity index is 1.50. The molecule has 3 rings (SSSR count). The fraction of sp³-hybridized carbons (Fsp3) is 0.773. The van der Waals surface area contributed by atoms with Crippen LogP contribution < -0.4 is 0 Å². The van der Waals surface area contributed by atoms with Crippen molar-refractivity contribution in [2.45, 2.75) is 64.4 Å². The summed E-state index contributed by atoms with van der Waals surface area (Å²) < 4.78 is 0. The number of hydrogen-bond donors (Lipinski definition) is 3. The number of hydrogen-bond acceptors (Lipinski definition) is 3. The molecule has 0 aromatic carbocycles. The molecule has 4 heteroatoms. The molecule has 0 heterocycles. The van der Waals surface area contributed by atoms with Gasteiger partial charge in [0, 0.05) is 5.92 Å². The molecule has 3 N–H and O–H groups in total. The summed E-state index contributed by atoms with van der Waals surface area (Å²) in [5, 5.41) is 28.8. The van der Waals surface area contributed by atoms with Crippen LogP contribution in [0.25, 0.3) is 0 Å². The Morgan fingerprint density at radius 1 is 1.27 bits per heavy atom. The number of carbonyl (C=O) groups is 1. The summed E-state index contributed by atoms with van der Waals surface area (Å²) in [6, 6.07) is 0. The first-order valence-electron chi connectivity index (χ1n) is 10.4. The number of fused-ring (bicyclic) bond motifs is 1. The van der Waals surface area contributed by atoms with Crippen molar-refractivity contribution in [1.29, 1.82) is 0 Å². The molecule has 3 aliphatic carbocycles. The predicted molar refractivity (Wildman–Crippen MR) is 102 cm³/mol. The minimum Gasteiger partial charge on any atom is -0.481 e. The zero-order valence-electron chi connectivity index (χ0n) is 15.9. The van der Waals surface area contributed by atoms with E-state index in [-0.39, 0.29) is 24.5 Å². The molecule has 26 heavy (non-hydrogen) atoms. The first-order chi connectivity index (χ1) is 12.5. The van der Waals surface area contributed by atoms with Crippen LogP contribution in [0.15, 0.2) is 23.8 Å². The first kappa shape index (κ1) is 19.6. The van der Waals surface area contributed by atoms with Crippen molar-refractivity contribution < 1.29 is 20.1 Å². The summed E-state index contributed by atoms with van der Waals surface area (Å²) in [5.41, 5.74) is 1.44. The van der Waals surface area contributed by atoms with Crippen LogP contribution >= 0.6 is 0 Å². The lowest BCUT2D eigenvalue weighted by Crippen LogP contribution is -2.34. The molecule has 3 fully saturated rings. The smallest absolute Gasteiger partial charge is 0.306 e. The lowest BCUT2D eigenvalue weighted by molar-refractivity contribution is -0.146. The maximum atomic E-state index is 11.6. The van der Waals surface area contributed by atoms with Gasteiger partial charge in [0.15, 0.2) is 0 Å². The summed E-state index contributed by atoms with van der Waals surface area (Å²) in [4.78, 5) is 11.6. The van der Waals surface area contributed by atoms with Gasteiger partial charge in [0.2, 0.25) is 0 Å². The van der Waals surface area contributed by atoms with Gasteiger partial charge < -0.3 is 15.3 Å². The number of rotatable bonds is 8. The van der Waals surface area contributed by atoms with Crippen LogP contribution in [0.3, 0.4) is 0 Å². The van der Waals surface area contributed by atoms with Gasteiger partial charge in [0.25, 0.3) is 0 Å². The average Bonchev–Trinajstić information content (AvgIpc) is 3.07. The quantitative estimate of drug-likeness (QED) is 0.574. The summed E-state index contributed by atoms with van der Waals surface area (Å²) in [6.45, 7) is 2.22. The van der Waals surface area contributed by atoms with E-state index in [0.29, 0.717) is 17.8 Å². The van der Waals surface area contributed by atoms with Crippen LogP contribution in [0, 0.1) is 35.5 Å². The minimum absolute atomic E-state index is 0.0277. The number of aliphatic hydroxyl groups is 2. The molecule has 0 aromatic rings. The monoisotopic (exact) mass is 362 g/mol. The van der Waals surface area contributed by atoms with Gasteiger partial charge in [-0.05, 0) is 68.6 Å². The van der Waals surface area contributed by atoms with E-state index in [1.165, 1.54) is 12.0 Å². The van der Waals surface area contributed by atoms with Crippen molar-refractivity contribution in [3.63, 3.8) is 0 Å². The Kier molecular flexibility index (Phi) is 6.57. The maximum Gasteiger partial charge on any atom is 0.306 e. The van der Waals surface area contributed by atoms with Crippen molar-refractivity contribution in [2.24, 2.45) is 35.5 Å². The third-order valence-corrected chi connectivity index (χ3v) is 7.22. The van der Waals surface area contributed by atoms with Crippen LogP contribution in [-0.2, 0) is 4.79 Å². The molecule has 0 spiro atoms. The van der Waals surface area contributed by atoms with Gasteiger partial charge >= 0.3 is 5.97 Å². The molecule has 4 nitrogen and oxygen atoms in total. The van der Waals surface area contributed by atoms with E-state index in [9.17, 15) is 15.0 Å². The molecule has 3 saturated carbocycles. The third kappa shape index (κ3) is 4.23. The fourth-order valence-electron chi connectivity index (χ4n) is 5.63. The van der Waals surface area contributed by atoms with E-state index in [1.54, 1.807) is 6.08 Å². The third-order valence-electron chi connectivity index (χ3n) is 7.22. The molecule has 0 saturated heterocycles. The Morgan fingerprint density at radius 2 is 2.04 bits per heavy atom. The van der Waals surface area contributed by atoms with Crippen LogP contribution in [0.1, 0.15) is 58.3 Å². The largest absolute Gasteiger partial charge is 0.481 e. The van der Waals surface area contributed by atoms with E-state index < -0.39 is 5.97 Å². The van der Waals surface area contributed by atoms with Crippen LogP contribution in [0.5, 0.6) is 0 Å². The maximum absolute atomic E-state index is 11.6. The topological polar surface area (TPSA) is 77.8 Å². The number of aliphatic hydroxyl groups excluding tert-OH is 2. The van der Waals surface area contributed by atoms with E-state index in [2.05, 4.69) is 13.0 Å². The van der Waals surface area contributed by atoms with Gasteiger partial charge in [-0.15, -0.1) is 0 Å². The van der Waals surface area contributed by atoms with Gasteiger partial charge in [-0.25, -0.2) is 0 Å². The molecule has 146 valence electrons. The second-order valence-corrected chi connectivity index (χ2v) is 8.71. The molecule has 0 amide bonds. The van der Waals surface area contributed by atoms with Gasteiger partial charge in [-0.2, -0.15) is 0 Å². The Labute approximate surface area is 157 Å². The van der Waals surface area contributed by atoms with Crippen LogP contribution in [0.2, 0.25) is 0 Å². The van der Waals surface area contributed by atoms with E-state index >= 15 is 0 Å². The number of aliphatic carboxylic acids is 1. The van der Waals surface area contributed by atoms with E-state index in [0.717, 1.165) is 50.9 Å². The Morgan fingerprint density at radius 3 is 2.69 bits per heavy atom. The number of carboxylic acid groups (broad SMARTS) is 1. The number of carboxylic acids is 1. The van der Waals surface area contributed by atoms with Crippen LogP contribution in [-0.4, -0.2) is 34.0 Å². The van der Waals surface area contributed by atoms with Gasteiger partial charge in [0.05, 0.1) is 18.6 Å². The standard InChI is InChI=1S/C22H34O4/c1-2-14-9-16(10-14)18(22(25)26)6-3-5-15-11-17-13-21(24)19(7-4-8-23)20(17)12-15/h4-5,7,14,16-21,23-24H,2-3,6,8-13H2,1H3,(H,25,26)/t14?,16?,17-,18?,19-,20+,21-/m1/s1. The molecule has 0 aliphatic heterocycles. The summed E-state index contributed by atoms with van der Waals surface area (Å²) >= 11 is 0. The summed E-state index contributed by atoms with van der Waals surface area (Å²) in [6.07, 6.45) is 13.6. The minimum atomic E-state index is -0.622. The van der Waals surface area contributed by atoms with E-state index in [1.807, 2.05) is 6.08 Å². The molecule has 5 atom stereocenters. The number of allylic oxidation sites excluding steroid dienone is 2. The molecular weight excluding hydrogens is 328 g/mol. The lowest BCUT2D eigenvalue weighted by Gasteiger charge is -2.38. The second-order valence-electron chi connectivity index (χ2n) is 8.71. The summed E-state index contributed by atoms with van der Waals surface area (Å²) in [5.74, 6) is 1.49. The van der Waals surface area contributed by atoms with Crippen molar-refractivity contribution in [3.8, 4) is 0 Å². The van der Waals surface area contributed by atoms with Crippen LogP contribution in [0.4, 0.5) is 0 Å². The molecular formula is C22H34O4. The molecule has 1 unspecified atom stereocenters. The summed E-state index contributed by atoms with van der Waals surface area (Å²) in [7, 11) is 0. The van der Waals surface area contributed by atoms with Gasteiger partial charge in [0.1, 0.15) is 0 Å².